The Labute approximate surface area is 114 Å². The molecule has 2 aromatic rings. The van der Waals surface area contributed by atoms with Crippen molar-refractivity contribution >= 4 is 0 Å². The molecule has 0 unspecified atom stereocenters. The second kappa shape index (κ2) is 6.98. The number of benzene rings is 1. The topological polar surface area (TPSA) is 25.8 Å². The normalized spacial score (nSPS) is 10.1. The molecule has 0 radical (unpaired) electrons. The highest BCUT2D eigenvalue weighted by Crippen LogP contribution is 2.25. The van der Waals surface area contributed by atoms with Gasteiger partial charge >= 0.3 is 0 Å². The van der Waals surface area contributed by atoms with Gasteiger partial charge in [-0.1, -0.05) is 27.7 Å². The molecular weight excluding hydrogens is 239 g/mol. The van der Waals surface area contributed by atoms with E-state index in [2.05, 4.69) is 23.8 Å². The van der Waals surface area contributed by atoms with Crippen molar-refractivity contribution in [2.24, 2.45) is 0 Å². The standard InChI is InChI=1S/C14H15FN2.C2H6/c1-9(2)13-10(3)14(17-8-16-13)11-4-6-12(15)7-5-11;1-2/h4-9H,1-3H3;1-2H3. The fraction of sp³-hybridized carbons (Fsp3) is 0.375. The summed E-state index contributed by atoms with van der Waals surface area (Å²) in [5, 5.41) is 0. The SMILES string of the molecule is CC.Cc1c(-c2ccc(F)cc2)ncnc1C(C)C. The zero-order chi connectivity index (χ0) is 14.4. The minimum atomic E-state index is -0.232. The zero-order valence-electron chi connectivity index (χ0n) is 12.2. The molecule has 2 nitrogen and oxygen atoms in total. The predicted octanol–water partition coefficient (Wildman–Crippen LogP) is 4.74. The van der Waals surface area contributed by atoms with Crippen molar-refractivity contribution in [3.05, 3.63) is 47.7 Å². The molecule has 0 saturated heterocycles. The third kappa shape index (κ3) is 3.60. The van der Waals surface area contributed by atoms with E-state index in [0.717, 1.165) is 22.5 Å². The third-order valence-electron chi connectivity index (χ3n) is 2.79. The van der Waals surface area contributed by atoms with Gasteiger partial charge in [-0.25, -0.2) is 14.4 Å². The van der Waals surface area contributed by atoms with Crippen LogP contribution in [0.5, 0.6) is 0 Å². The number of hydrogen-bond donors (Lipinski definition) is 0. The molecule has 0 bridgehead atoms. The second-order valence-corrected chi connectivity index (χ2v) is 4.39. The maximum Gasteiger partial charge on any atom is 0.123 e. The molecule has 1 aromatic heterocycles. The number of halogens is 1. The van der Waals surface area contributed by atoms with Crippen molar-refractivity contribution in [3.8, 4) is 11.3 Å². The summed E-state index contributed by atoms with van der Waals surface area (Å²) < 4.78 is 12.9. The highest BCUT2D eigenvalue weighted by atomic mass is 19.1. The van der Waals surface area contributed by atoms with E-state index in [9.17, 15) is 4.39 Å². The van der Waals surface area contributed by atoms with Crippen LogP contribution < -0.4 is 0 Å². The molecule has 0 fully saturated rings. The highest BCUT2D eigenvalue weighted by Gasteiger charge is 2.11. The molecule has 1 heterocycles. The van der Waals surface area contributed by atoms with Crippen LogP contribution >= 0.6 is 0 Å². The van der Waals surface area contributed by atoms with E-state index in [4.69, 9.17) is 0 Å². The van der Waals surface area contributed by atoms with Gasteiger partial charge in [0.2, 0.25) is 0 Å². The fourth-order valence-corrected chi connectivity index (χ4v) is 1.94. The average Bonchev–Trinajstić information content (AvgIpc) is 2.42. The van der Waals surface area contributed by atoms with Gasteiger partial charge in [-0.05, 0) is 42.7 Å². The van der Waals surface area contributed by atoms with Gasteiger partial charge in [-0.2, -0.15) is 0 Å². The summed E-state index contributed by atoms with van der Waals surface area (Å²) in [5.74, 6) is 0.127. The van der Waals surface area contributed by atoms with Crippen molar-refractivity contribution in [1.29, 1.82) is 0 Å². The predicted molar refractivity (Wildman–Crippen MR) is 77.6 cm³/mol. The largest absolute Gasteiger partial charge is 0.241 e. The Morgan fingerprint density at radius 1 is 1.00 bits per heavy atom. The molecule has 0 aliphatic heterocycles. The Bertz CT molecular complexity index is 519. The van der Waals surface area contributed by atoms with Crippen LogP contribution in [0.25, 0.3) is 11.3 Å². The molecule has 0 amide bonds. The quantitative estimate of drug-likeness (QED) is 0.779. The van der Waals surface area contributed by atoms with Crippen LogP contribution in [-0.4, -0.2) is 9.97 Å². The lowest BCUT2D eigenvalue weighted by Crippen LogP contribution is -2.00. The van der Waals surface area contributed by atoms with Gasteiger partial charge in [-0.15, -0.1) is 0 Å². The first-order chi connectivity index (χ1) is 9.09. The van der Waals surface area contributed by atoms with Gasteiger partial charge in [-0.3, -0.25) is 0 Å². The van der Waals surface area contributed by atoms with E-state index >= 15 is 0 Å². The van der Waals surface area contributed by atoms with Crippen molar-refractivity contribution in [2.45, 2.75) is 40.5 Å². The monoisotopic (exact) mass is 260 g/mol. The minimum absolute atomic E-state index is 0.232. The van der Waals surface area contributed by atoms with E-state index in [-0.39, 0.29) is 5.82 Å². The van der Waals surface area contributed by atoms with Gasteiger partial charge in [0.05, 0.1) is 5.69 Å². The Balaban J connectivity index is 0.000000861. The summed E-state index contributed by atoms with van der Waals surface area (Å²) in [6.07, 6.45) is 1.57. The van der Waals surface area contributed by atoms with Gasteiger partial charge in [0, 0.05) is 11.3 Å². The molecule has 1 aromatic carbocycles. The molecular formula is C16H21FN2. The summed E-state index contributed by atoms with van der Waals surface area (Å²) in [6, 6.07) is 6.39. The first kappa shape index (κ1) is 15.3. The van der Waals surface area contributed by atoms with E-state index in [1.54, 1.807) is 18.5 Å². The van der Waals surface area contributed by atoms with Crippen molar-refractivity contribution < 1.29 is 4.39 Å². The first-order valence-electron chi connectivity index (χ1n) is 6.67. The Hall–Kier alpha value is -1.77. The number of hydrogen-bond acceptors (Lipinski definition) is 2. The molecule has 0 saturated carbocycles. The second-order valence-electron chi connectivity index (χ2n) is 4.39. The molecule has 0 aliphatic carbocycles. The van der Waals surface area contributed by atoms with Crippen LogP contribution in [0.15, 0.2) is 30.6 Å². The van der Waals surface area contributed by atoms with Crippen LogP contribution in [0, 0.1) is 12.7 Å². The van der Waals surface area contributed by atoms with E-state index in [1.807, 2.05) is 20.8 Å². The van der Waals surface area contributed by atoms with Gasteiger partial charge in [0.15, 0.2) is 0 Å². The van der Waals surface area contributed by atoms with Crippen molar-refractivity contribution in [2.75, 3.05) is 0 Å². The lowest BCUT2D eigenvalue weighted by atomic mass is 10.00. The molecule has 0 atom stereocenters. The molecule has 2 rings (SSSR count). The van der Waals surface area contributed by atoms with E-state index in [1.165, 1.54) is 12.1 Å². The minimum Gasteiger partial charge on any atom is -0.241 e. The van der Waals surface area contributed by atoms with Crippen LogP contribution in [0.1, 0.15) is 44.9 Å². The maximum atomic E-state index is 12.9. The third-order valence-corrected chi connectivity index (χ3v) is 2.79. The van der Waals surface area contributed by atoms with Gasteiger partial charge in [0.1, 0.15) is 12.1 Å². The van der Waals surface area contributed by atoms with Crippen LogP contribution in [-0.2, 0) is 0 Å². The molecule has 3 heteroatoms. The summed E-state index contributed by atoms with van der Waals surface area (Å²) in [6.45, 7) is 10.2. The fourth-order valence-electron chi connectivity index (χ4n) is 1.94. The number of rotatable bonds is 2. The summed E-state index contributed by atoms with van der Waals surface area (Å²) in [4.78, 5) is 8.58. The van der Waals surface area contributed by atoms with Crippen LogP contribution in [0.4, 0.5) is 4.39 Å². The van der Waals surface area contributed by atoms with E-state index < -0.39 is 0 Å². The first-order valence-corrected chi connectivity index (χ1v) is 6.67. The molecule has 0 spiro atoms. The summed E-state index contributed by atoms with van der Waals surface area (Å²) in [7, 11) is 0. The molecule has 19 heavy (non-hydrogen) atoms. The van der Waals surface area contributed by atoms with Gasteiger partial charge in [0.25, 0.3) is 0 Å². The lowest BCUT2D eigenvalue weighted by molar-refractivity contribution is 0.628. The molecule has 0 N–H and O–H groups in total. The number of aromatic nitrogens is 2. The number of nitrogens with zero attached hydrogens (tertiary/aromatic N) is 2. The lowest BCUT2D eigenvalue weighted by Gasteiger charge is -2.11. The van der Waals surface area contributed by atoms with Crippen LogP contribution in [0.3, 0.4) is 0 Å². The zero-order valence-corrected chi connectivity index (χ0v) is 12.2. The average molecular weight is 260 g/mol. The van der Waals surface area contributed by atoms with Crippen molar-refractivity contribution in [3.63, 3.8) is 0 Å². The smallest absolute Gasteiger partial charge is 0.123 e. The maximum absolute atomic E-state index is 12.9. The highest BCUT2D eigenvalue weighted by molar-refractivity contribution is 5.63. The summed E-state index contributed by atoms with van der Waals surface area (Å²) in [5.41, 5.74) is 3.91. The van der Waals surface area contributed by atoms with Crippen molar-refractivity contribution in [1.82, 2.24) is 9.97 Å². The Morgan fingerprint density at radius 3 is 2.11 bits per heavy atom. The Kier molecular flexibility index (Phi) is 5.61. The van der Waals surface area contributed by atoms with Gasteiger partial charge < -0.3 is 0 Å². The molecule has 0 aliphatic rings. The van der Waals surface area contributed by atoms with E-state index in [0.29, 0.717) is 5.92 Å². The van der Waals surface area contributed by atoms with Crippen LogP contribution in [0.2, 0.25) is 0 Å². The Morgan fingerprint density at radius 2 is 1.58 bits per heavy atom. The molecule has 102 valence electrons. The summed E-state index contributed by atoms with van der Waals surface area (Å²) >= 11 is 0.